The topological polar surface area (TPSA) is 171 Å². The van der Waals surface area contributed by atoms with E-state index < -0.39 is 35.2 Å². The summed E-state index contributed by atoms with van der Waals surface area (Å²) in [6.07, 6.45) is 1.18. The normalized spacial score (nSPS) is 19.0. The first-order valence-electron chi connectivity index (χ1n) is 8.80. The minimum absolute atomic E-state index is 0. The molecule has 2 amide bonds. The number of hydrogen-bond donors (Lipinski definition) is 2. The van der Waals surface area contributed by atoms with Gasteiger partial charge in [0.1, 0.15) is 17.7 Å². The molecule has 0 saturated carbocycles. The number of hydrogen-bond acceptors (Lipinski definition) is 11. The van der Waals surface area contributed by atoms with E-state index in [0.29, 0.717) is 22.0 Å². The van der Waals surface area contributed by atoms with E-state index in [1.165, 1.54) is 41.3 Å². The number of nitrogens with one attached hydrogen (secondary N) is 2. The third kappa shape index (κ3) is 6.05. The summed E-state index contributed by atoms with van der Waals surface area (Å²) < 4.78 is 0. The van der Waals surface area contributed by atoms with Crippen LogP contribution in [0.5, 0.6) is 0 Å². The van der Waals surface area contributed by atoms with Crippen molar-refractivity contribution in [3.05, 3.63) is 39.5 Å². The van der Waals surface area contributed by atoms with Crippen LogP contribution >= 0.6 is 34.9 Å². The van der Waals surface area contributed by atoms with Gasteiger partial charge in [-0.3, -0.25) is 19.6 Å². The van der Waals surface area contributed by atoms with Crippen molar-refractivity contribution in [2.24, 2.45) is 0 Å². The van der Waals surface area contributed by atoms with Crippen LogP contribution in [0.1, 0.15) is 15.2 Å². The van der Waals surface area contributed by atoms with Crippen LogP contribution in [0, 0.1) is 0 Å². The molecule has 162 valence electrons. The van der Waals surface area contributed by atoms with Gasteiger partial charge in [-0.05, 0) is 22.6 Å². The first-order chi connectivity index (χ1) is 14.9. The molecule has 0 spiro atoms. The Morgan fingerprint density at radius 1 is 1.27 bits per heavy atom. The van der Waals surface area contributed by atoms with E-state index in [-0.39, 0.29) is 81.9 Å². The maximum Gasteiger partial charge on any atom is 1.00 e. The Hall–Kier alpha value is -0.840. The molecule has 2 aliphatic heterocycles. The van der Waals surface area contributed by atoms with Gasteiger partial charge in [-0.25, -0.2) is 4.98 Å². The van der Waals surface area contributed by atoms with E-state index in [1.54, 1.807) is 0 Å². The first-order valence-corrected chi connectivity index (χ1v) is 11.7. The number of aromatic carboxylic acids is 1. The molecule has 0 radical (unpaired) electrons. The number of amides is 2. The van der Waals surface area contributed by atoms with Crippen molar-refractivity contribution in [2.75, 3.05) is 11.5 Å². The number of fused-ring (bicyclic) bond motifs is 1. The number of aromatic nitrogens is 3. The van der Waals surface area contributed by atoms with Crippen LogP contribution in [0.4, 0.5) is 0 Å². The van der Waals surface area contributed by atoms with Crippen LogP contribution in [-0.2, 0) is 20.8 Å². The Morgan fingerprint density at radius 3 is 2.67 bits per heavy atom. The number of carboxylic acid groups (broad SMARTS) is 2. The average Bonchev–Trinajstić information content (AvgIpc) is 3.41. The summed E-state index contributed by atoms with van der Waals surface area (Å²) in [6, 6.07) is 0.605. The van der Waals surface area contributed by atoms with E-state index >= 15 is 0 Å². The quantitative estimate of drug-likeness (QED) is 0.192. The predicted octanol–water partition coefficient (Wildman–Crippen LogP) is -8.02. The van der Waals surface area contributed by atoms with Gasteiger partial charge in [-0.15, -0.1) is 28.2 Å². The Kier molecular flexibility index (Phi) is 10.5. The van der Waals surface area contributed by atoms with Crippen molar-refractivity contribution < 1.29 is 88.5 Å². The first kappa shape index (κ1) is 28.4. The Balaban J connectivity index is 0.00000193. The number of β-lactam (4-membered cyclic amide) rings is 1. The standard InChI is InChI=1S/C17H15N5O6S3.2Na/c23-9(3-7-1-2-29-12(7)16(27)28)20-10-13(24)22-11(15(25)26)8(4-30-14(10)22)5-31-17-18-6-19-21-17;;/h1-2,6,10,14H,3-5H2,(H,20,23)(H,25,26)(H,27,28)(H,18,19,21);;/q;2*+1/p-2/t10?,14-;;/m0../s1. The molecule has 0 bridgehead atoms. The van der Waals surface area contributed by atoms with E-state index in [4.69, 9.17) is 0 Å². The van der Waals surface area contributed by atoms with Crippen molar-refractivity contribution in [2.45, 2.75) is 23.0 Å². The van der Waals surface area contributed by atoms with Crippen molar-refractivity contribution in [3.63, 3.8) is 0 Å². The van der Waals surface area contributed by atoms with Crippen molar-refractivity contribution in [3.8, 4) is 0 Å². The van der Waals surface area contributed by atoms with Gasteiger partial charge in [0, 0.05) is 11.5 Å². The zero-order valence-electron chi connectivity index (χ0n) is 17.5. The number of aliphatic carboxylic acids is 1. The number of carboxylic acids is 2. The van der Waals surface area contributed by atoms with Crippen LogP contribution in [0.3, 0.4) is 0 Å². The molecule has 2 aliphatic rings. The maximum atomic E-state index is 12.6. The summed E-state index contributed by atoms with van der Waals surface area (Å²) in [5, 5.41) is 33.2. The van der Waals surface area contributed by atoms with E-state index in [1.807, 2.05) is 0 Å². The third-order valence-corrected chi connectivity index (χ3v) is 7.83. The average molecular weight is 526 g/mol. The number of carbonyl (C=O) groups is 4. The Bertz CT molecular complexity index is 1090. The summed E-state index contributed by atoms with van der Waals surface area (Å²) in [5.41, 5.74) is 0.606. The minimum Gasteiger partial charge on any atom is -0.544 e. The van der Waals surface area contributed by atoms with Gasteiger partial charge in [0.15, 0.2) is 0 Å². The number of rotatable bonds is 8. The number of carbonyl (C=O) groups excluding carboxylic acids is 4. The van der Waals surface area contributed by atoms with Crippen LogP contribution in [0.2, 0.25) is 0 Å². The van der Waals surface area contributed by atoms with E-state index in [9.17, 15) is 29.4 Å². The smallest absolute Gasteiger partial charge is 0.544 e. The van der Waals surface area contributed by atoms with E-state index in [0.717, 1.165) is 16.2 Å². The summed E-state index contributed by atoms with van der Waals surface area (Å²) >= 11 is 3.50. The van der Waals surface area contributed by atoms with Gasteiger partial charge in [0.2, 0.25) is 11.1 Å². The SMILES string of the molecule is O=C(Cc1ccsc1C(=O)[O-])NC1C(=O)N2C(C(=O)[O-])=C(CSc3nc[nH]n3)CS[C@@H]12.[Na+].[Na+]. The molecule has 2 aromatic heterocycles. The Morgan fingerprint density at radius 2 is 2.03 bits per heavy atom. The molecule has 0 aliphatic carbocycles. The Labute approximate surface area is 244 Å². The molecule has 0 aromatic carbocycles. The van der Waals surface area contributed by atoms with Crippen molar-refractivity contribution in [1.29, 1.82) is 0 Å². The number of nitrogens with zero attached hydrogens (tertiary/aromatic N) is 3. The van der Waals surface area contributed by atoms with Crippen LogP contribution < -0.4 is 74.6 Å². The summed E-state index contributed by atoms with van der Waals surface area (Å²) in [6.45, 7) is 0. The van der Waals surface area contributed by atoms with Gasteiger partial charge in [-0.1, -0.05) is 11.8 Å². The fourth-order valence-corrected chi connectivity index (χ4v) is 6.27. The molecule has 2 atom stereocenters. The number of thiophene rings is 1. The number of H-pyrrole nitrogens is 1. The molecule has 1 fully saturated rings. The summed E-state index contributed by atoms with van der Waals surface area (Å²) in [4.78, 5) is 52.9. The molecular weight excluding hydrogens is 512 g/mol. The van der Waals surface area contributed by atoms with Gasteiger partial charge in [0.05, 0.1) is 28.9 Å². The monoisotopic (exact) mass is 525 g/mol. The van der Waals surface area contributed by atoms with Gasteiger partial charge >= 0.3 is 59.1 Å². The zero-order chi connectivity index (χ0) is 22.1. The van der Waals surface area contributed by atoms with Crippen LogP contribution in [0.25, 0.3) is 0 Å². The molecule has 16 heteroatoms. The minimum atomic E-state index is -1.47. The zero-order valence-corrected chi connectivity index (χ0v) is 24.0. The largest absolute Gasteiger partial charge is 1.00 e. The third-order valence-electron chi connectivity index (χ3n) is 4.61. The molecule has 1 saturated heterocycles. The predicted molar refractivity (Wildman–Crippen MR) is 107 cm³/mol. The fourth-order valence-electron chi connectivity index (χ4n) is 3.25. The molecule has 33 heavy (non-hydrogen) atoms. The van der Waals surface area contributed by atoms with Crippen molar-refractivity contribution >= 4 is 58.6 Å². The molecule has 2 aromatic rings. The van der Waals surface area contributed by atoms with Gasteiger partial charge in [-0.2, -0.15) is 0 Å². The van der Waals surface area contributed by atoms with E-state index in [2.05, 4.69) is 20.5 Å². The molecular formula is C17H13N5Na2O6S3. The second kappa shape index (κ2) is 12.2. The second-order valence-corrected chi connectivity index (χ2v) is 9.47. The molecule has 2 N–H and O–H groups in total. The van der Waals surface area contributed by atoms with Crippen LogP contribution in [0.15, 0.2) is 34.2 Å². The molecule has 4 rings (SSSR count). The number of thioether (sulfide) groups is 2. The fraction of sp³-hybridized carbons (Fsp3) is 0.294. The number of aromatic amines is 1. The van der Waals surface area contributed by atoms with Crippen LogP contribution in [-0.4, -0.2) is 66.8 Å². The van der Waals surface area contributed by atoms with Crippen molar-refractivity contribution in [1.82, 2.24) is 25.4 Å². The van der Waals surface area contributed by atoms with Gasteiger partial charge in [0.25, 0.3) is 5.91 Å². The molecule has 1 unspecified atom stereocenters. The molecule has 11 nitrogen and oxygen atoms in total. The summed E-state index contributed by atoms with van der Waals surface area (Å²) in [5.74, 6) is -3.33. The summed E-state index contributed by atoms with van der Waals surface area (Å²) in [7, 11) is 0. The van der Waals surface area contributed by atoms with Gasteiger partial charge < -0.3 is 25.1 Å². The second-order valence-electron chi connectivity index (χ2n) is 6.50. The molecule has 4 heterocycles. The maximum absolute atomic E-state index is 12.6.